The summed E-state index contributed by atoms with van der Waals surface area (Å²) in [6.45, 7) is 1.76. The first kappa shape index (κ1) is 31.9. The van der Waals surface area contributed by atoms with Crippen molar-refractivity contribution in [3.8, 4) is 16.9 Å². The fourth-order valence-corrected chi connectivity index (χ4v) is 4.49. The molecule has 0 aliphatic heterocycles. The van der Waals surface area contributed by atoms with Gasteiger partial charge in [-0.3, -0.25) is 0 Å². The van der Waals surface area contributed by atoms with E-state index in [2.05, 4.69) is 31.3 Å². The molecule has 0 aromatic heterocycles. The van der Waals surface area contributed by atoms with Crippen LogP contribution in [0.5, 0.6) is 5.75 Å². The third-order valence-corrected chi connectivity index (χ3v) is 7.27. The van der Waals surface area contributed by atoms with Crippen LogP contribution in [0.4, 0.5) is 45.5 Å². The van der Waals surface area contributed by atoms with Gasteiger partial charge < -0.3 is 37.6 Å². The van der Waals surface area contributed by atoms with Crippen LogP contribution in [0.25, 0.3) is 11.1 Å². The molecule has 0 aliphatic rings. The van der Waals surface area contributed by atoms with Crippen LogP contribution in [0.3, 0.4) is 0 Å². The SMILES string of the molecule is Cc1cc(N=Nc2ccc(-c3ccc(NNc4ccc(O)c(C(=O)O)c4)cc3)cc2)c(N)c(N=Nc2cc(C(=O)O)ccc2Cl)c1N. The zero-order chi connectivity index (χ0) is 33.7. The van der Waals surface area contributed by atoms with E-state index in [9.17, 15) is 24.9 Å². The first-order valence-electron chi connectivity index (χ1n) is 13.8. The number of hydrazine groups is 1. The fraction of sp³-hybridized carbons (Fsp3) is 0.0303. The van der Waals surface area contributed by atoms with Gasteiger partial charge in [-0.15, -0.1) is 15.3 Å². The van der Waals surface area contributed by atoms with E-state index in [4.69, 9.17) is 23.1 Å². The highest BCUT2D eigenvalue weighted by Gasteiger charge is 2.14. The average Bonchev–Trinajstić information content (AvgIpc) is 3.06. The molecule has 0 aliphatic carbocycles. The minimum atomic E-state index is -1.23. The van der Waals surface area contributed by atoms with E-state index in [0.29, 0.717) is 22.6 Å². The number of azo groups is 2. The number of aromatic carboxylic acids is 2. The number of aromatic hydroxyl groups is 1. The Labute approximate surface area is 272 Å². The van der Waals surface area contributed by atoms with Crippen LogP contribution in [0.2, 0.25) is 5.02 Å². The molecule has 0 radical (unpaired) electrons. The molecule has 0 amide bonds. The summed E-state index contributed by atoms with van der Waals surface area (Å²) in [6, 6.07) is 24.9. The molecule has 0 saturated carbocycles. The maximum absolute atomic E-state index is 11.3. The monoisotopic (exact) mass is 650 g/mol. The lowest BCUT2D eigenvalue weighted by Crippen LogP contribution is -2.09. The van der Waals surface area contributed by atoms with Crippen molar-refractivity contribution in [3.63, 3.8) is 0 Å². The Morgan fingerprint density at radius 3 is 1.96 bits per heavy atom. The molecular weight excluding hydrogens is 624 g/mol. The van der Waals surface area contributed by atoms with E-state index in [0.717, 1.165) is 16.8 Å². The third kappa shape index (κ3) is 7.44. The number of carbonyl (C=O) groups is 2. The quantitative estimate of drug-likeness (QED) is 0.0331. The average molecular weight is 651 g/mol. The summed E-state index contributed by atoms with van der Waals surface area (Å²) in [5.74, 6) is -2.67. The van der Waals surface area contributed by atoms with Crippen molar-refractivity contribution in [1.82, 2.24) is 0 Å². The van der Waals surface area contributed by atoms with Gasteiger partial charge in [0, 0.05) is 0 Å². The van der Waals surface area contributed by atoms with Crippen LogP contribution in [-0.2, 0) is 0 Å². The van der Waals surface area contributed by atoms with Gasteiger partial charge in [-0.1, -0.05) is 35.9 Å². The number of halogens is 1. The highest BCUT2D eigenvalue weighted by atomic mass is 35.5. The highest BCUT2D eigenvalue weighted by Crippen LogP contribution is 2.42. The van der Waals surface area contributed by atoms with Crippen LogP contribution in [0.1, 0.15) is 26.3 Å². The Bertz CT molecular complexity index is 2050. The smallest absolute Gasteiger partial charge is 0.339 e. The largest absolute Gasteiger partial charge is 0.507 e. The van der Waals surface area contributed by atoms with Crippen molar-refractivity contribution >= 4 is 69.0 Å². The molecule has 47 heavy (non-hydrogen) atoms. The van der Waals surface area contributed by atoms with Crippen molar-refractivity contribution in [2.75, 3.05) is 22.3 Å². The topological polar surface area (TPSA) is 220 Å². The summed E-state index contributed by atoms with van der Waals surface area (Å²) in [5.41, 5.74) is 23.6. The number of nitrogens with two attached hydrogens (primary N) is 2. The molecule has 14 heteroatoms. The molecule has 0 heterocycles. The number of rotatable bonds is 10. The number of hydrogen-bond acceptors (Lipinski definition) is 11. The third-order valence-electron chi connectivity index (χ3n) is 6.95. The number of phenols is 1. The maximum atomic E-state index is 11.3. The summed E-state index contributed by atoms with van der Waals surface area (Å²) in [4.78, 5) is 22.6. The van der Waals surface area contributed by atoms with Gasteiger partial charge in [0.1, 0.15) is 28.4 Å². The van der Waals surface area contributed by atoms with Gasteiger partial charge in [0.15, 0.2) is 0 Å². The number of nitrogens with one attached hydrogen (secondary N) is 2. The standard InChI is InChI=1S/C33H27ClN8O5/c1-17-14-27(30(36)31(29(17)35)42-40-26-15-20(32(44)45)6-12-25(26)34)41-38-22-9-4-19(5-10-22)18-2-7-21(8-3-18)37-39-23-11-13-28(43)24(16-23)33(46)47/h2-16,37,39,43H,35-36H2,1H3,(H,44,45)(H,46,47). The zero-order valence-corrected chi connectivity index (χ0v) is 25.4. The zero-order valence-electron chi connectivity index (χ0n) is 24.6. The van der Waals surface area contributed by atoms with Gasteiger partial charge >= 0.3 is 11.9 Å². The van der Waals surface area contributed by atoms with Gasteiger partial charge in [0.25, 0.3) is 0 Å². The predicted molar refractivity (Wildman–Crippen MR) is 181 cm³/mol. The van der Waals surface area contributed by atoms with Gasteiger partial charge in [0.05, 0.1) is 39.0 Å². The predicted octanol–water partition coefficient (Wildman–Crippen LogP) is 8.85. The van der Waals surface area contributed by atoms with E-state index < -0.39 is 11.9 Å². The van der Waals surface area contributed by atoms with Gasteiger partial charge in [0.2, 0.25) is 0 Å². The normalized spacial score (nSPS) is 11.2. The summed E-state index contributed by atoms with van der Waals surface area (Å²) in [5, 5.41) is 45.2. The lowest BCUT2D eigenvalue weighted by atomic mass is 10.1. The Morgan fingerprint density at radius 1 is 0.681 bits per heavy atom. The van der Waals surface area contributed by atoms with Gasteiger partial charge in [-0.05, 0) is 90.3 Å². The Kier molecular flexibility index (Phi) is 9.29. The molecular formula is C33H27ClN8O5. The van der Waals surface area contributed by atoms with Gasteiger partial charge in [-0.2, -0.15) is 5.11 Å². The van der Waals surface area contributed by atoms with Gasteiger partial charge in [-0.25, -0.2) is 9.59 Å². The molecule has 13 nitrogen and oxygen atoms in total. The molecule has 5 aromatic carbocycles. The number of carboxylic acid groups (broad SMARTS) is 2. The molecule has 5 aromatic rings. The number of benzene rings is 5. The minimum Gasteiger partial charge on any atom is -0.507 e. The van der Waals surface area contributed by atoms with Crippen molar-refractivity contribution in [2.45, 2.75) is 6.92 Å². The summed E-state index contributed by atoms with van der Waals surface area (Å²) < 4.78 is 0. The summed E-state index contributed by atoms with van der Waals surface area (Å²) in [7, 11) is 0. The highest BCUT2D eigenvalue weighted by molar-refractivity contribution is 6.33. The van der Waals surface area contributed by atoms with E-state index in [1.165, 1.54) is 30.3 Å². The molecule has 0 atom stereocenters. The summed E-state index contributed by atoms with van der Waals surface area (Å²) in [6.07, 6.45) is 0. The van der Waals surface area contributed by atoms with Crippen LogP contribution < -0.4 is 22.3 Å². The molecule has 9 N–H and O–H groups in total. The number of aryl methyl sites for hydroxylation is 1. The second kappa shape index (κ2) is 13.7. The number of anilines is 4. The molecule has 0 spiro atoms. The Balaban J connectivity index is 1.28. The number of carboxylic acids is 2. The van der Waals surface area contributed by atoms with E-state index in [-0.39, 0.29) is 44.6 Å². The second-order valence-electron chi connectivity index (χ2n) is 10.2. The second-order valence-corrected chi connectivity index (χ2v) is 10.6. The number of nitrogen functional groups attached to an aromatic ring is 2. The van der Waals surface area contributed by atoms with E-state index in [1.807, 2.05) is 36.4 Å². The first-order chi connectivity index (χ1) is 22.5. The van der Waals surface area contributed by atoms with Crippen LogP contribution in [-0.4, -0.2) is 27.3 Å². The minimum absolute atomic E-state index is 0.00122. The summed E-state index contributed by atoms with van der Waals surface area (Å²) >= 11 is 6.16. The van der Waals surface area contributed by atoms with E-state index in [1.54, 1.807) is 31.2 Å². The van der Waals surface area contributed by atoms with Crippen LogP contribution >= 0.6 is 11.6 Å². The van der Waals surface area contributed by atoms with Crippen LogP contribution in [0, 0.1) is 6.92 Å². The maximum Gasteiger partial charge on any atom is 0.339 e. The molecule has 0 fully saturated rings. The lowest BCUT2D eigenvalue weighted by Gasteiger charge is -2.11. The molecule has 236 valence electrons. The van der Waals surface area contributed by atoms with E-state index >= 15 is 0 Å². The van der Waals surface area contributed by atoms with Crippen molar-refractivity contribution < 1.29 is 24.9 Å². The lowest BCUT2D eigenvalue weighted by molar-refractivity contribution is 0.0684. The van der Waals surface area contributed by atoms with Crippen molar-refractivity contribution in [2.24, 2.45) is 20.5 Å². The Morgan fingerprint density at radius 2 is 1.30 bits per heavy atom. The molecule has 0 unspecified atom stereocenters. The van der Waals surface area contributed by atoms with Crippen molar-refractivity contribution in [1.29, 1.82) is 0 Å². The number of nitrogens with zero attached hydrogens (tertiary/aromatic N) is 4. The van der Waals surface area contributed by atoms with Crippen molar-refractivity contribution in [3.05, 3.63) is 113 Å². The molecule has 0 saturated heterocycles. The van der Waals surface area contributed by atoms with Crippen LogP contribution in [0.15, 0.2) is 111 Å². The number of hydrogen-bond donors (Lipinski definition) is 7. The molecule has 5 rings (SSSR count). The molecule has 0 bridgehead atoms. The first-order valence-corrected chi connectivity index (χ1v) is 14.2. The Hall–Kier alpha value is -6.47. The fourth-order valence-electron chi connectivity index (χ4n) is 4.34.